The molecule has 3 heterocycles. The molecule has 1 unspecified atom stereocenters. The van der Waals surface area contributed by atoms with Crippen LogP contribution < -0.4 is 5.73 Å². The van der Waals surface area contributed by atoms with Crippen LogP contribution in [-0.2, 0) is 0 Å². The Morgan fingerprint density at radius 2 is 2.16 bits per heavy atom. The van der Waals surface area contributed by atoms with E-state index < -0.39 is 0 Å². The van der Waals surface area contributed by atoms with Crippen molar-refractivity contribution in [3.63, 3.8) is 0 Å². The first-order valence-electron chi connectivity index (χ1n) is 5.77. The molecule has 0 aliphatic heterocycles. The van der Waals surface area contributed by atoms with E-state index in [1.807, 2.05) is 23.8 Å². The zero-order valence-corrected chi connectivity index (χ0v) is 12.9. The third kappa shape index (κ3) is 2.12. The molecule has 0 saturated heterocycles. The van der Waals surface area contributed by atoms with Gasteiger partial charge in [-0.25, -0.2) is 15.0 Å². The van der Waals surface area contributed by atoms with Crippen LogP contribution >= 0.6 is 27.3 Å². The number of imidazole rings is 1. The summed E-state index contributed by atoms with van der Waals surface area (Å²) in [4.78, 5) is 14.4. The first kappa shape index (κ1) is 12.6. The molecule has 0 radical (unpaired) electrons. The van der Waals surface area contributed by atoms with Crippen molar-refractivity contribution in [3.05, 3.63) is 32.8 Å². The standard InChI is InChI=1S/C12H12BrN5S/c1-6-4-16-11(19-6)7(2)18-10-9(17-12(18)14)3-8(13)5-15-10/h3-5,7H,1-2H3,(H2,14,17). The van der Waals surface area contributed by atoms with Crippen LogP contribution in [0.1, 0.15) is 22.9 Å². The minimum Gasteiger partial charge on any atom is -0.369 e. The Bertz CT molecular complexity index is 748. The summed E-state index contributed by atoms with van der Waals surface area (Å²) in [6.07, 6.45) is 3.62. The molecule has 0 fully saturated rings. The second-order valence-electron chi connectivity index (χ2n) is 4.32. The van der Waals surface area contributed by atoms with Gasteiger partial charge in [0.25, 0.3) is 0 Å². The van der Waals surface area contributed by atoms with Gasteiger partial charge in [-0.15, -0.1) is 11.3 Å². The molecular formula is C12H12BrN5S. The fourth-order valence-corrected chi connectivity index (χ4v) is 3.17. The molecule has 0 spiro atoms. The van der Waals surface area contributed by atoms with Crippen molar-refractivity contribution in [1.29, 1.82) is 0 Å². The van der Waals surface area contributed by atoms with Crippen molar-refractivity contribution in [2.24, 2.45) is 0 Å². The van der Waals surface area contributed by atoms with E-state index in [2.05, 4.69) is 37.8 Å². The molecule has 0 bridgehead atoms. The summed E-state index contributed by atoms with van der Waals surface area (Å²) in [5, 5.41) is 1.01. The summed E-state index contributed by atoms with van der Waals surface area (Å²) in [5.74, 6) is 0.459. The van der Waals surface area contributed by atoms with Gasteiger partial charge in [0, 0.05) is 21.7 Å². The Morgan fingerprint density at radius 1 is 1.37 bits per heavy atom. The van der Waals surface area contributed by atoms with Crippen molar-refractivity contribution in [3.8, 4) is 0 Å². The van der Waals surface area contributed by atoms with Gasteiger partial charge >= 0.3 is 0 Å². The summed E-state index contributed by atoms with van der Waals surface area (Å²) < 4.78 is 2.81. The Labute approximate surface area is 122 Å². The van der Waals surface area contributed by atoms with Crippen molar-refractivity contribution >= 4 is 44.4 Å². The Balaban J connectivity index is 2.16. The molecule has 7 heteroatoms. The van der Waals surface area contributed by atoms with E-state index in [4.69, 9.17) is 5.73 Å². The van der Waals surface area contributed by atoms with E-state index in [9.17, 15) is 0 Å². The Hall–Kier alpha value is -1.47. The largest absolute Gasteiger partial charge is 0.369 e. The number of nitrogen functional groups attached to an aromatic ring is 1. The highest BCUT2D eigenvalue weighted by Gasteiger charge is 2.19. The third-order valence-corrected chi connectivity index (χ3v) is 4.42. The van der Waals surface area contributed by atoms with Crippen LogP contribution in [0.4, 0.5) is 5.95 Å². The van der Waals surface area contributed by atoms with Crippen LogP contribution in [0, 0.1) is 6.92 Å². The number of hydrogen-bond acceptors (Lipinski definition) is 5. The molecule has 3 rings (SSSR count). The number of hydrogen-bond donors (Lipinski definition) is 1. The normalized spacial score (nSPS) is 13.0. The topological polar surface area (TPSA) is 69.6 Å². The molecule has 98 valence electrons. The molecular weight excluding hydrogens is 326 g/mol. The zero-order valence-electron chi connectivity index (χ0n) is 10.5. The highest BCUT2D eigenvalue weighted by Crippen LogP contribution is 2.29. The molecule has 0 aromatic carbocycles. The van der Waals surface area contributed by atoms with Gasteiger partial charge in [-0.1, -0.05) is 0 Å². The minimum absolute atomic E-state index is 0.0253. The summed E-state index contributed by atoms with van der Waals surface area (Å²) in [6.45, 7) is 4.10. The monoisotopic (exact) mass is 337 g/mol. The van der Waals surface area contributed by atoms with Crippen LogP contribution in [0.2, 0.25) is 0 Å². The number of aromatic nitrogens is 4. The predicted octanol–water partition coefficient (Wildman–Crippen LogP) is 3.15. The van der Waals surface area contributed by atoms with E-state index in [-0.39, 0.29) is 6.04 Å². The van der Waals surface area contributed by atoms with Crippen LogP contribution in [-0.4, -0.2) is 19.5 Å². The van der Waals surface area contributed by atoms with E-state index >= 15 is 0 Å². The van der Waals surface area contributed by atoms with Gasteiger partial charge in [-0.3, -0.25) is 4.57 Å². The molecule has 3 aromatic heterocycles. The number of aryl methyl sites for hydroxylation is 1. The van der Waals surface area contributed by atoms with Gasteiger partial charge in [0.05, 0.1) is 6.04 Å². The van der Waals surface area contributed by atoms with Crippen LogP contribution in [0.3, 0.4) is 0 Å². The molecule has 3 aromatic rings. The summed E-state index contributed by atoms with van der Waals surface area (Å²) in [7, 11) is 0. The number of rotatable bonds is 2. The molecule has 19 heavy (non-hydrogen) atoms. The number of thiazole rings is 1. The zero-order chi connectivity index (χ0) is 13.6. The molecule has 0 saturated carbocycles. The number of halogens is 1. The lowest BCUT2D eigenvalue weighted by Gasteiger charge is -2.12. The third-order valence-electron chi connectivity index (χ3n) is 2.91. The van der Waals surface area contributed by atoms with Gasteiger partial charge < -0.3 is 5.73 Å². The van der Waals surface area contributed by atoms with Crippen molar-refractivity contribution in [2.75, 3.05) is 5.73 Å². The number of nitrogens with two attached hydrogens (primary N) is 1. The minimum atomic E-state index is 0.0253. The van der Waals surface area contributed by atoms with Crippen LogP contribution in [0.15, 0.2) is 22.9 Å². The maximum absolute atomic E-state index is 6.02. The van der Waals surface area contributed by atoms with E-state index in [0.717, 1.165) is 20.6 Å². The van der Waals surface area contributed by atoms with Crippen molar-refractivity contribution < 1.29 is 0 Å². The second kappa shape index (κ2) is 4.57. The van der Waals surface area contributed by atoms with Gasteiger partial charge in [-0.05, 0) is 35.8 Å². The average molecular weight is 338 g/mol. The van der Waals surface area contributed by atoms with E-state index in [1.165, 1.54) is 4.88 Å². The van der Waals surface area contributed by atoms with E-state index in [0.29, 0.717) is 5.95 Å². The molecule has 2 N–H and O–H groups in total. The molecule has 1 atom stereocenters. The fourth-order valence-electron chi connectivity index (χ4n) is 2.03. The second-order valence-corrected chi connectivity index (χ2v) is 6.50. The number of anilines is 1. The quantitative estimate of drug-likeness (QED) is 0.779. The van der Waals surface area contributed by atoms with Gasteiger partial charge in [-0.2, -0.15) is 0 Å². The highest BCUT2D eigenvalue weighted by atomic mass is 79.9. The lowest BCUT2D eigenvalue weighted by Crippen LogP contribution is -2.10. The fraction of sp³-hybridized carbons (Fsp3) is 0.250. The smallest absolute Gasteiger partial charge is 0.203 e. The number of nitrogens with zero attached hydrogens (tertiary/aromatic N) is 4. The predicted molar refractivity (Wildman–Crippen MR) is 80.3 cm³/mol. The van der Waals surface area contributed by atoms with Gasteiger partial charge in [0.2, 0.25) is 5.95 Å². The lowest BCUT2D eigenvalue weighted by molar-refractivity contribution is 0.657. The average Bonchev–Trinajstić information content (AvgIpc) is 2.91. The molecule has 5 nitrogen and oxygen atoms in total. The molecule has 0 amide bonds. The first-order valence-corrected chi connectivity index (χ1v) is 7.38. The van der Waals surface area contributed by atoms with Crippen molar-refractivity contribution in [2.45, 2.75) is 19.9 Å². The summed E-state index contributed by atoms with van der Waals surface area (Å²) >= 11 is 5.05. The maximum Gasteiger partial charge on any atom is 0.203 e. The molecule has 0 aliphatic rings. The Morgan fingerprint density at radius 3 is 2.84 bits per heavy atom. The Kier molecular flexibility index (Phi) is 3.02. The number of fused-ring (bicyclic) bond motifs is 1. The maximum atomic E-state index is 6.02. The van der Waals surface area contributed by atoms with Crippen LogP contribution in [0.25, 0.3) is 11.2 Å². The summed E-state index contributed by atoms with van der Waals surface area (Å²) in [5.41, 5.74) is 7.58. The van der Waals surface area contributed by atoms with Gasteiger partial charge in [0.1, 0.15) is 10.5 Å². The van der Waals surface area contributed by atoms with E-state index in [1.54, 1.807) is 17.5 Å². The van der Waals surface area contributed by atoms with Crippen molar-refractivity contribution in [1.82, 2.24) is 19.5 Å². The van der Waals surface area contributed by atoms with Gasteiger partial charge in [0.15, 0.2) is 5.65 Å². The molecule has 0 aliphatic carbocycles. The number of pyridine rings is 1. The SMILES string of the molecule is Cc1cnc(C(C)n2c(N)nc3cc(Br)cnc32)s1. The van der Waals surface area contributed by atoms with Crippen LogP contribution in [0.5, 0.6) is 0 Å². The first-order chi connectivity index (χ1) is 9.06. The lowest BCUT2D eigenvalue weighted by atomic mass is 10.3. The highest BCUT2D eigenvalue weighted by molar-refractivity contribution is 9.10. The summed E-state index contributed by atoms with van der Waals surface area (Å²) in [6, 6.07) is 1.94.